The number of urea groups is 1. The number of carboxylic acids is 1. The summed E-state index contributed by atoms with van der Waals surface area (Å²) < 4.78 is 0. The number of carbonyl (C=O) groups is 2. The summed E-state index contributed by atoms with van der Waals surface area (Å²) in [6.45, 7) is 1.50. The number of likely N-dealkylation sites (tertiary alicyclic amines) is 1. The van der Waals surface area contributed by atoms with E-state index in [4.69, 9.17) is 5.11 Å². The smallest absolute Gasteiger partial charge is 0.317 e. The quantitative estimate of drug-likeness (QED) is 0.813. The van der Waals surface area contributed by atoms with Gasteiger partial charge in [0.15, 0.2) is 0 Å². The van der Waals surface area contributed by atoms with Crippen molar-refractivity contribution in [2.75, 3.05) is 26.7 Å². The summed E-state index contributed by atoms with van der Waals surface area (Å²) in [7, 11) is 1.86. The summed E-state index contributed by atoms with van der Waals surface area (Å²) in [5.74, 6) is -0.189. The first-order chi connectivity index (χ1) is 13.5. The molecule has 0 aromatic heterocycles. The van der Waals surface area contributed by atoms with Gasteiger partial charge in [0.1, 0.15) is 0 Å². The van der Waals surface area contributed by atoms with Gasteiger partial charge < -0.3 is 15.3 Å². The number of nitrogens with zero attached hydrogens (tertiary/aromatic N) is 2. The minimum Gasteiger partial charge on any atom is -0.480 e. The fourth-order valence-electron chi connectivity index (χ4n) is 4.63. The van der Waals surface area contributed by atoms with Gasteiger partial charge in [-0.25, -0.2) is 4.79 Å². The van der Waals surface area contributed by atoms with Gasteiger partial charge >= 0.3 is 12.0 Å². The predicted octanol–water partition coefficient (Wildman–Crippen LogP) is 3.29. The van der Waals surface area contributed by atoms with Gasteiger partial charge in [-0.3, -0.25) is 9.69 Å². The van der Waals surface area contributed by atoms with E-state index >= 15 is 0 Å². The zero-order valence-corrected chi connectivity index (χ0v) is 16.8. The van der Waals surface area contributed by atoms with Gasteiger partial charge in [-0.2, -0.15) is 0 Å². The van der Waals surface area contributed by atoms with E-state index in [1.165, 1.54) is 5.56 Å². The van der Waals surface area contributed by atoms with Crippen LogP contribution in [0, 0.1) is 0 Å². The van der Waals surface area contributed by atoms with Crippen molar-refractivity contribution in [3.63, 3.8) is 0 Å². The zero-order chi connectivity index (χ0) is 19.9. The molecular formula is C22H33N3O3. The number of rotatable bonds is 5. The maximum atomic E-state index is 12.7. The van der Waals surface area contributed by atoms with Crippen molar-refractivity contribution in [2.24, 2.45) is 0 Å². The minimum atomic E-state index is -0.799. The van der Waals surface area contributed by atoms with Gasteiger partial charge in [0.05, 0.1) is 6.54 Å². The van der Waals surface area contributed by atoms with Crippen LogP contribution in [0.3, 0.4) is 0 Å². The molecule has 1 heterocycles. The molecule has 1 aromatic rings. The lowest BCUT2D eigenvalue weighted by molar-refractivity contribution is -0.138. The van der Waals surface area contributed by atoms with Gasteiger partial charge in [-0.1, -0.05) is 30.3 Å². The Balaban J connectivity index is 1.43. The summed E-state index contributed by atoms with van der Waals surface area (Å²) in [5.41, 5.74) is 1.41. The normalized spacial score (nSPS) is 25.9. The fourth-order valence-corrected chi connectivity index (χ4v) is 4.63. The Morgan fingerprint density at radius 2 is 1.79 bits per heavy atom. The summed E-state index contributed by atoms with van der Waals surface area (Å²) in [6.07, 6.45) is 7.00. The number of benzene rings is 1. The second kappa shape index (κ2) is 9.92. The highest BCUT2D eigenvalue weighted by Gasteiger charge is 2.27. The molecule has 1 aliphatic heterocycles. The highest BCUT2D eigenvalue weighted by atomic mass is 16.4. The lowest BCUT2D eigenvalue weighted by Crippen LogP contribution is -2.46. The Morgan fingerprint density at radius 1 is 1.07 bits per heavy atom. The van der Waals surface area contributed by atoms with Gasteiger partial charge in [-0.15, -0.1) is 0 Å². The third-order valence-electron chi connectivity index (χ3n) is 6.32. The summed E-state index contributed by atoms with van der Waals surface area (Å²) in [6, 6.07) is 11.2. The highest BCUT2D eigenvalue weighted by molar-refractivity contribution is 5.74. The summed E-state index contributed by atoms with van der Waals surface area (Å²) in [4.78, 5) is 27.5. The molecule has 28 heavy (non-hydrogen) atoms. The van der Waals surface area contributed by atoms with E-state index in [9.17, 15) is 9.59 Å². The van der Waals surface area contributed by atoms with E-state index in [-0.39, 0.29) is 24.7 Å². The van der Waals surface area contributed by atoms with Crippen molar-refractivity contribution < 1.29 is 14.7 Å². The molecule has 1 aliphatic carbocycles. The zero-order valence-electron chi connectivity index (χ0n) is 16.8. The van der Waals surface area contributed by atoms with E-state index in [1.807, 2.05) is 16.8 Å². The maximum absolute atomic E-state index is 12.7. The standard InChI is InChI=1S/C22H33N3O3/c1-24(16-21(26)27)20-8-5-14-25(15-13-20)22(28)23-19-11-9-18(10-12-19)17-6-3-2-4-7-17/h2-4,6-7,18-20H,5,8-16H2,1H3,(H,23,28)(H,26,27). The predicted molar refractivity (Wildman–Crippen MR) is 109 cm³/mol. The monoisotopic (exact) mass is 387 g/mol. The van der Waals surface area contributed by atoms with E-state index in [0.717, 1.165) is 51.5 Å². The topological polar surface area (TPSA) is 72.9 Å². The molecule has 2 fully saturated rings. The van der Waals surface area contributed by atoms with E-state index in [0.29, 0.717) is 12.5 Å². The van der Waals surface area contributed by atoms with Crippen LogP contribution in [0.1, 0.15) is 56.4 Å². The Morgan fingerprint density at radius 3 is 2.46 bits per heavy atom. The molecule has 154 valence electrons. The summed E-state index contributed by atoms with van der Waals surface area (Å²) in [5, 5.41) is 12.2. The maximum Gasteiger partial charge on any atom is 0.317 e. The Kier molecular flexibility index (Phi) is 7.31. The highest BCUT2D eigenvalue weighted by Crippen LogP contribution is 2.32. The van der Waals surface area contributed by atoms with Crippen LogP contribution < -0.4 is 5.32 Å². The van der Waals surface area contributed by atoms with E-state index < -0.39 is 5.97 Å². The van der Waals surface area contributed by atoms with Gasteiger partial charge in [0.2, 0.25) is 0 Å². The SMILES string of the molecule is CN(CC(=O)O)C1CCCN(C(=O)NC2CCC(c3ccccc3)CC2)CC1. The van der Waals surface area contributed by atoms with Crippen LogP contribution in [0.2, 0.25) is 0 Å². The van der Waals surface area contributed by atoms with Crippen LogP contribution >= 0.6 is 0 Å². The number of nitrogens with one attached hydrogen (secondary N) is 1. The van der Waals surface area contributed by atoms with Crippen LogP contribution in [0.4, 0.5) is 4.79 Å². The molecule has 0 bridgehead atoms. The lowest BCUT2D eigenvalue weighted by Gasteiger charge is -2.31. The Hall–Kier alpha value is -2.08. The second-order valence-corrected chi connectivity index (χ2v) is 8.29. The van der Waals surface area contributed by atoms with Crippen LogP contribution in [0.5, 0.6) is 0 Å². The molecule has 1 unspecified atom stereocenters. The molecule has 6 nitrogen and oxygen atoms in total. The second-order valence-electron chi connectivity index (χ2n) is 8.29. The van der Waals surface area contributed by atoms with Gasteiger partial charge in [0, 0.05) is 25.2 Å². The Labute approximate surface area is 167 Å². The molecule has 1 aromatic carbocycles. The number of carbonyl (C=O) groups excluding carboxylic acids is 1. The molecule has 3 rings (SSSR count). The van der Waals surface area contributed by atoms with E-state index in [2.05, 4.69) is 35.6 Å². The molecular weight excluding hydrogens is 354 g/mol. The number of hydrogen-bond donors (Lipinski definition) is 2. The number of hydrogen-bond acceptors (Lipinski definition) is 3. The largest absolute Gasteiger partial charge is 0.480 e. The first-order valence-electron chi connectivity index (χ1n) is 10.6. The van der Waals surface area contributed by atoms with Crippen molar-refractivity contribution in [3.8, 4) is 0 Å². The van der Waals surface area contributed by atoms with Gasteiger partial charge in [0.25, 0.3) is 0 Å². The first-order valence-corrected chi connectivity index (χ1v) is 10.6. The molecule has 2 amide bonds. The molecule has 1 saturated carbocycles. The van der Waals surface area contributed by atoms with Crippen molar-refractivity contribution in [1.82, 2.24) is 15.1 Å². The van der Waals surface area contributed by atoms with Crippen molar-refractivity contribution >= 4 is 12.0 Å². The average Bonchev–Trinajstić information content (AvgIpc) is 2.95. The van der Waals surface area contributed by atoms with Crippen molar-refractivity contribution in [1.29, 1.82) is 0 Å². The van der Waals surface area contributed by atoms with Crippen LogP contribution in [-0.2, 0) is 4.79 Å². The van der Waals surface area contributed by atoms with Gasteiger partial charge in [-0.05, 0) is 63.5 Å². The summed E-state index contributed by atoms with van der Waals surface area (Å²) >= 11 is 0. The molecule has 6 heteroatoms. The number of carboxylic acid groups (broad SMARTS) is 1. The van der Waals surface area contributed by atoms with Crippen LogP contribution in [-0.4, -0.2) is 65.7 Å². The van der Waals surface area contributed by atoms with Crippen molar-refractivity contribution in [2.45, 2.75) is 62.9 Å². The minimum absolute atomic E-state index is 0.0460. The molecule has 2 N–H and O–H groups in total. The first kappa shape index (κ1) is 20.6. The van der Waals surface area contributed by atoms with Crippen molar-refractivity contribution in [3.05, 3.63) is 35.9 Å². The van der Waals surface area contributed by atoms with E-state index in [1.54, 1.807) is 0 Å². The third kappa shape index (κ3) is 5.71. The third-order valence-corrected chi connectivity index (χ3v) is 6.32. The molecule has 1 saturated heterocycles. The van der Waals surface area contributed by atoms with Crippen LogP contribution in [0.25, 0.3) is 0 Å². The number of aliphatic carboxylic acids is 1. The average molecular weight is 388 g/mol. The number of likely N-dealkylation sites (N-methyl/N-ethyl adjacent to an activating group) is 1. The molecule has 0 radical (unpaired) electrons. The van der Waals surface area contributed by atoms with Crippen LogP contribution in [0.15, 0.2) is 30.3 Å². The molecule has 0 spiro atoms. The molecule has 2 aliphatic rings. The lowest BCUT2D eigenvalue weighted by atomic mass is 9.82. The number of amides is 2. The molecule has 1 atom stereocenters. The fraction of sp³-hybridized carbons (Fsp3) is 0.636. The Bertz CT molecular complexity index is 644.